The smallest absolute Gasteiger partial charge is 0.119 e. The number of likely N-dealkylation sites (N-methyl/N-ethyl adjacent to an activating group) is 1. The maximum atomic E-state index is 5.89. The summed E-state index contributed by atoms with van der Waals surface area (Å²) < 4.78 is 11.5. The van der Waals surface area contributed by atoms with Gasteiger partial charge in [-0.15, -0.1) is 0 Å². The van der Waals surface area contributed by atoms with Crippen LogP contribution >= 0.6 is 0 Å². The van der Waals surface area contributed by atoms with Crippen LogP contribution in [0.2, 0.25) is 0 Å². The van der Waals surface area contributed by atoms with Gasteiger partial charge in [0.15, 0.2) is 0 Å². The second kappa shape index (κ2) is 6.99. The standard InChI is InChI=1S/C18H28N2O2/c1-20(2)14-18(7-9-21-10-8-18)16-3-5-17(6-4-16)22-13-15-11-19-12-15/h3-6,15,19H,7-14H2,1-2H3. The second-order valence-electron chi connectivity index (χ2n) is 6.99. The predicted octanol–water partition coefficient (Wildman–Crippen LogP) is 1.89. The number of benzene rings is 1. The Kier molecular flexibility index (Phi) is 5.01. The van der Waals surface area contributed by atoms with Gasteiger partial charge in [0, 0.05) is 44.2 Å². The highest BCUT2D eigenvalue weighted by molar-refractivity contribution is 5.33. The largest absolute Gasteiger partial charge is 0.493 e. The molecule has 4 nitrogen and oxygen atoms in total. The molecule has 2 fully saturated rings. The van der Waals surface area contributed by atoms with Crippen LogP contribution in [0.15, 0.2) is 24.3 Å². The van der Waals surface area contributed by atoms with E-state index in [-0.39, 0.29) is 5.41 Å². The highest BCUT2D eigenvalue weighted by Gasteiger charge is 2.34. The van der Waals surface area contributed by atoms with Crippen LogP contribution in [0.1, 0.15) is 18.4 Å². The van der Waals surface area contributed by atoms with Gasteiger partial charge in [0.05, 0.1) is 6.61 Å². The van der Waals surface area contributed by atoms with Crippen molar-refractivity contribution in [2.75, 3.05) is 53.6 Å². The normalized spacial score (nSPS) is 21.6. The number of hydrogen-bond acceptors (Lipinski definition) is 4. The first-order valence-electron chi connectivity index (χ1n) is 8.34. The van der Waals surface area contributed by atoms with Gasteiger partial charge < -0.3 is 19.7 Å². The summed E-state index contributed by atoms with van der Waals surface area (Å²) in [6, 6.07) is 8.77. The van der Waals surface area contributed by atoms with Gasteiger partial charge in [-0.1, -0.05) is 12.1 Å². The van der Waals surface area contributed by atoms with Crippen LogP contribution in [-0.2, 0) is 10.2 Å². The topological polar surface area (TPSA) is 33.7 Å². The first-order chi connectivity index (χ1) is 10.7. The third-order valence-electron chi connectivity index (χ3n) is 4.89. The van der Waals surface area contributed by atoms with E-state index >= 15 is 0 Å². The molecule has 1 aromatic rings. The third-order valence-corrected chi connectivity index (χ3v) is 4.89. The van der Waals surface area contributed by atoms with Crippen molar-refractivity contribution in [3.05, 3.63) is 29.8 Å². The van der Waals surface area contributed by atoms with E-state index in [1.807, 2.05) is 0 Å². The Balaban J connectivity index is 1.67. The van der Waals surface area contributed by atoms with Crippen LogP contribution in [-0.4, -0.2) is 58.5 Å². The average Bonchev–Trinajstić information content (AvgIpc) is 2.46. The minimum atomic E-state index is 0.220. The number of nitrogens with zero attached hydrogens (tertiary/aromatic N) is 1. The second-order valence-corrected chi connectivity index (χ2v) is 6.99. The Labute approximate surface area is 133 Å². The fourth-order valence-electron chi connectivity index (χ4n) is 3.49. The maximum absolute atomic E-state index is 5.89. The van der Waals surface area contributed by atoms with Crippen LogP contribution in [0.3, 0.4) is 0 Å². The molecular formula is C18H28N2O2. The van der Waals surface area contributed by atoms with Crippen molar-refractivity contribution in [2.24, 2.45) is 5.92 Å². The molecule has 122 valence electrons. The molecule has 0 aromatic heterocycles. The molecule has 1 N–H and O–H groups in total. The van der Waals surface area contributed by atoms with E-state index in [1.54, 1.807) is 0 Å². The lowest BCUT2D eigenvalue weighted by Crippen LogP contribution is -2.45. The zero-order valence-electron chi connectivity index (χ0n) is 13.8. The Morgan fingerprint density at radius 1 is 1.18 bits per heavy atom. The summed E-state index contributed by atoms with van der Waals surface area (Å²) >= 11 is 0. The highest BCUT2D eigenvalue weighted by atomic mass is 16.5. The fraction of sp³-hybridized carbons (Fsp3) is 0.667. The molecule has 0 radical (unpaired) electrons. The van der Waals surface area contributed by atoms with E-state index in [4.69, 9.17) is 9.47 Å². The van der Waals surface area contributed by atoms with E-state index in [0.717, 1.165) is 58.0 Å². The summed E-state index contributed by atoms with van der Waals surface area (Å²) in [6.45, 7) is 5.79. The quantitative estimate of drug-likeness (QED) is 0.870. The van der Waals surface area contributed by atoms with E-state index in [2.05, 4.69) is 48.6 Å². The van der Waals surface area contributed by atoms with Gasteiger partial charge in [0.2, 0.25) is 0 Å². The monoisotopic (exact) mass is 304 g/mol. The molecular weight excluding hydrogens is 276 g/mol. The highest BCUT2D eigenvalue weighted by Crippen LogP contribution is 2.36. The molecule has 0 bridgehead atoms. The van der Waals surface area contributed by atoms with Gasteiger partial charge in [0.25, 0.3) is 0 Å². The van der Waals surface area contributed by atoms with E-state index in [1.165, 1.54) is 5.56 Å². The molecule has 3 rings (SSSR count). The minimum absolute atomic E-state index is 0.220. The lowest BCUT2D eigenvalue weighted by molar-refractivity contribution is 0.0401. The lowest BCUT2D eigenvalue weighted by Gasteiger charge is -2.40. The molecule has 1 aromatic carbocycles. The number of ether oxygens (including phenoxy) is 2. The Hall–Kier alpha value is -1.10. The zero-order valence-corrected chi connectivity index (χ0v) is 13.8. The molecule has 2 aliphatic heterocycles. The molecule has 0 saturated carbocycles. The van der Waals surface area contributed by atoms with E-state index in [9.17, 15) is 0 Å². The van der Waals surface area contributed by atoms with Crippen LogP contribution in [0, 0.1) is 5.92 Å². The van der Waals surface area contributed by atoms with Crippen molar-refractivity contribution >= 4 is 0 Å². The Morgan fingerprint density at radius 3 is 2.41 bits per heavy atom. The van der Waals surface area contributed by atoms with Crippen molar-refractivity contribution in [1.82, 2.24) is 10.2 Å². The summed E-state index contributed by atoms with van der Waals surface area (Å²) in [4.78, 5) is 2.29. The average molecular weight is 304 g/mol. The molecule has 2 saturated heterocycles. The van der Waals surface area contributed by atoms with Crippen LogP contribution < -0.4 is 10.1 Å². The molecule has 0 amide bonds. The van der Waals surface area contributed by atoms with Gasteiger partial charge in [-0.3, -0.25) is 0 Å². The molecule has 0 atom stereocenters. The van der Waals surface area contributed by atoms with Gasteiger partial charge in [-0.05, 0) is 44.6 Å². The van der Waals surface area contributed by atoms with Crippen LogP contribution in [0.5, 0.6) is 5.75 Å². The maximum Gasteiger partial charge on any atom is 0.119 e. The van der Waals surface area contributed by atoms with Crippen LogP contribution in [0.4, 0.5) is 0 Å². The summed E-state index contributed by atoms with van der Waals surface area (Å²) in [7, 11) is 4.31. The molecule has 2 aliphatic rings. The molecule has 0 unspecified atom stereocenters. The zero-order chi connectivity index (χ0) is 15.4. The molecule has 4 heteroatoms. The van der Waals surface area contributed by atoms with Crippen LogP contribution in [0.25, 0.3) is 0 Å². The molecule has 0 aliphatic carbocycles. The summed E-state index contributed by atoms with van der Waals surface area (Å²) in [6.07, 6.45) is 2.19. The van der Waals surface area contributed by atoms with Gasteiger partial charge in [0.1, 0.15) is 5.75 Å². The summed E-state index contributed by atoms with van der Waals surface area (Å²) in [5, 5.41) is 3.28. The Bertz CT molecular complexity index is 462. The lowest BCUT2D eigenvalue weighted by atomic mass is 9.74. The van der Waals surface area contributed by atoms with Gasteiger partial charge in [-0.25, -0.2) is 0 Å². The minimum Gasteiger partial charge on any atom is -0.493 e. The summed E-state index contributed by atoms with van der Waals surface area (Å²) in [5.41, 5.74) is 1.64. The molecule has 0 spiro atoms. The third kappa shape index (κ3) is 3.62. The Morgan fingerprint density at radius 2 is 1.86 bits per heavy atom. The van der Waals surface area contributed by atoms with Crippen molar-refractivity contribution in [1.29, 1.82) is 0 Å². The van der Waals surface area contributed by atoms with E-state index < -0.39 is 0 Å². The summed E-state index contributed by atoms with van der Waals surface area (Å²) in [5.74, 6) is 1.66. The van der Waals surface area contributed by atoms with Crippen molar-refractivity contribution in [3.63, 3.8) is 0 Å². The first kappa shape index (κ1) is 15.8. The van der Waals surface area contributed by atoms with Gasteiger partial charge >= 0.3 is 0 Å². The van der Waals surface area contributed by atoms with Crippen molar-refractivity contribution in [2.45, 2.75) is 18.3 Å². The van der Waals surface area contributed by atoms with Crippen molar-refractivity contribution < 1.29 is 9.47 Å². The first-order valence-corrected chi connectivity index (χ1v) is 8.34. The number of hydrogen-bond donors (Lipinski definition) is 1. The molecule has 22 heavy (non-hydrogen) atoms. The van der Waals surface area contributed by atoms with Crippen molar-refractivity contribution in [3.8, 4) is 5.75 Å². The van der Waals surface area contributed by atoms with E-state index in [0.29, 0.717) is 5.92 Å². The predicted molar refractivity (Wildman–Crippen MR) is 88.6 cm³/mol. The molecule has 2 heterocycles. The number of nitrogens with one attached hydrogen (secondary N) is 1. The fourth-order valence-corrected chi connectivity index (χ4v) is 3.49. The van der Waals surface area contributed by atoms with Gasteiger partial charge in [-0.2, -0.15) is 0 Å². The number of rotatable bonds is 6. The SMILES string of the molecule is CN(C)CC1(c2ccc(OCC3CNC3)cc2)CCOCC1.